The van der Waals surface area contributed by atoms with Gasteiger partial charge in [-0.25, -0.2) is 4.98 Å². The molecule has 17 heavy (non-hydrogen) atoms. The average Bonchev–Trinajstić information content (AvgIpc) is 2.33. The van der Waals surface area contributed by atoms with Crippen LogP contribution in [0.15, 0.2) is 33.9 Å². The van der Waals surface area contributed by atoms with E-state index in [1.54, 1.807) is 6.20 Å². The smallest absolute Gasteiger partial charge is 0.268 e. The second kappa shape index (κ2) is 5.45. The van der Waals surface area contributed by atoms with Gasteiger partial charge in [-0.1, -0.05) is 11.6 Å². The van der Waals surface area contributed by atoms with Crippen LogP contribution in [-0.2, 0) is 6.54 Å². The van der Waals surface area contributed by atoms with Crippen molar-refractivity contribution < 1.29 is 0 Å². The lowest BCUT2D eigenvalue weighted by Crippen LogP contribution is -2.24. The van der Waals surface area contributed by atoms with Crippen molar-refractivity contribution in [3.05, 3.63) is 53.9 Å². The van der Waals surface area contributed by atoms with Gasteiger partial charge in [-0.3, -0.25) is 14.3 Å². The normalized spacial score (nSPS) is 10.5. The molecule has 0 N–H and O–H groups in total. The molecule has 2 aromatic heterocycles. The van der Waals surface area contributed by atoms with Gasteiger partial charge in [0.15, 0.2) is 0 Å². The third kappa shape index (κ3) is 3.05. The van der Waals surface area contributed by atoms with E-state index >= 15 is 0 Å². The molecule has 2 heterocycles. The molecule has 0 fully saturated rings. The minimum absolute atomic E-state index is 0.157. The molecule has 0 aliphatic rings. The minimum atomic E-state index is -0.157. The van der Waals surface area contributed by atoms with Crippen molar-refractivity contribution in [1.82, 2.24) is 14.5 Å². The highest BCUT2D eigenvalue weighted by Gasteiger charge is 2.07. The highest BCUT2D eigenvalue weighted by Crippen LogP contribution is 2.11. The first kappa shape index (κ1) is 13.0. The van der Waals surface area contributed by atoms with Crippen LogP contribution in [-0.4, -0.2) is 14.5 Å². The number of rotatable bonds is 2. The van der Waals surface area contributed by atoms with E-state index in [1.807, 2.05) is 34.7 Å². The lowest BCUT2D eigenvalue weighted by Gasteiger charge is -2.05. The lowest BCUT2D eigenvalue weighted by molar-refractivity contribution is 0.713. The number of aromatic nitrogens is 3. The molecular formula is C10H6BrClIN3O. The Bertz CT molecular complexity index is 599. The Morgan fingerprint density at radius 1 is 1.41 bits per heavy atom. The molecule has 0 spiro atoms. The molecule has 0 radical (unpaired) electrons. The van der Waals surface area contributed by atoms with Gasteiger partial charge < -0.3 is 0 Å². The second-order valence-corrected chi connectivity index (χ2v) is 5.60. The first-order valence-corrected chi connectivity index (χ1v) is 6.84. The molecule has 0 unspecified atom stereocenters. The topological polar surface area (TPSA) is 47.8 Å². The number of pyridine rings is 1. The molecule has 0 saturated carbocycles. The fourth-order valence-corrected chi connectivity index (χ4v) is 2.04. The van der Waals surface area contributed by atoms with Crippen molar-refractivity contribution in [3.8, 4) is 0 Å². The Morgan fingerprint density at radius 3 is 2.82 bits per heavy atom. The van der Waals surface area contributed by atoms with E-state index in [2.05, 4.69) is 25.9 Å². The number of hydrogen-bond donors (Lipinski definition) is 0. The predicted molar refractivity (Wildman–Crippen MR) is 77.3 cm³/mol. The Morgan fingerprint density at radius 2 is 2.18 bits per heavy atom. The van der Waals surface area contributed by atoms with E-state index in [9.17, 15) is 4.79 Å². The zero-order valence-electron chi connectivity index (χ0n) is 8.40. The van der Waals surface area contributed by atoms with Gasteiger partial charge in [0.05, 0.1) is 18.6 Å². The average molecular weight is 426 g/mol. The van der Waals surface area contributed by atoms with Crippen molar-refractivity contribution >= 4 is 50.1 Å². The Kier molecular flexibility index (Phi) is 4.16. The molecule has 88 valence electrons. The van der Waals surface area contributed by atoms with Crippen molar-refractivity contribution in [2.24, 2.45) is 0 Å². The molecule has 0 saturated heterocycles. The maximum Gasteiger partial charge on any atom is 0.268 e. The van der Waals surface area contributed by atoms with Crippen LogP contribution >= 0.6 is 50.1 Å². The van der Waals surface area contributed by atoms with Gasteiger partial charge in [-0.05, 0) is 50.7 Å². The Hall–Kier alpha value is -0.470. The van der Waals surface area contributed by atoms with E-state index in [-0.39, 0.29) is 10.7 Å². The Balaban J connectivity index is 2.34. The molecular weight excluding hydrogens is 420 g/mol. The van der Waals surface area contributed by atoms with Crippen LogP contribution in [0, 0.1) is 3.57 Å². The van der Waals surface area contributed by atoms with Crippen LogP contribution in [0.1, 0.15) is 5.69 Å². The summed E-state index contributed by atoms with van der Waals surface area (Å²) in [7, 11) is 0. The molecule has 0 atom stereocenters. The minimum Gasteiger partial charge on any atom is -0.292 e. The summed E-state index contributed by atoms with van der Waals surface area (Å²) in [6.45, 7) is 0.381. The third-order valence-corrected chi connectivity index (χ3v) is 4.11. The predicted octanol–water partition coefficient (Wildman–Crippen LogP) is 2.71. The molecule has 7 heteroatoms. The second-order valence-electron chi connectivity index (χ2n) is 3.25. The molecule has 0 amide bonds. The molecule has 2 aromatic rings. The summed E-state index contributed by atoms with van der Waals surface area (Å²) in [5.74, 6) is 0. The first-order chi connectivity index (χ1) is 8.08. The van der Waals surface area contributed by atoms with E-state index in [4.69, 9.17) is 11.6 Å². The van der Waals surface area contributed by atoms with Gasteiger partial charge >= 0.3 is 0 Å². The van der Waals surface area contributed by atoms with Crippen LogP contribution in [0.3, 0.4) is 0 Å². The van der Waals surface area contributed by atoms with Gasteiger partial charge in [-0.15, -0.1) is 0 Å². The number of nitrogens with zero attached hydrogens (tertiary/aromatic N) is 3. The lowest BCUT2D eigenvalue weighted by atomic mass is 10.3. The Labute approximate surface area is 124 Å². The third-order valence-electron chi connectivity index (χ3n) is 2.06. The summed E-state index contributed by atoms with van der Waals surface area (Å²) in [5, 5.41) is 0.232. The molecule has 4 nitrogen and oxygen atoms in total. The zero-order chi connectivity index (χ0) is 12.4. The standard InChI is InChI=1S/C10H6BrClIN3O/c11-6-1-2-7(14-3-6)4-16-5-15-9(12)8(13)10(16)17/h1-3,5H,4H2. The maximum atomic E-state index is 11.9. The van der Waals surface area contributed by atoms with Crippen LogP contribution in [0.2, 0.25) is 5.15 Å². The highest BCUT2D eigenvalue weighted by molar-refractivity contribution is 14.1. The summed E-state index contributed by atoms with van der Waals surface area (Å²) >= 11 is 10.9. The van der Waals surface area contributed by atoms with Crippen molar-refractivity contribution in [3.63, 3.8) is 0 Å². The molecule has 0 aromatic carbocycles. The molecule has 0 aliphatic heterocycles. The fraction of sp³-hybridized carbons (Fsp3) is 0.100. The van der Waals surface area contributed by atoms with Gasteiger partial charge in [0, 0.05) is 10.7 Å². The number of halogens is 3. The fourth-order valence-electron chi connectivity index (χ4n) is 1.23. The number of hydrogen-bond acceptors (Lipinski definition) is 3. The van der Waals surface area contributed by atoms with Crippen molar-refractivity contribution in [1.29, 1.82) is 0 Å². The first-order valence-electron chi connectivity index (χ1n) is 4.59. The summed E-state index contributed by atoms with van der Waals surface area (Å²) in [6, 6.07) is 3.72. The van der Waals surface area contributed by atoms with E-state index in [0.29, 0.717) is 10.1 Å². The summed E-state index contributed by atoms with van der Waals surface area (Å²) in [4.78, 5) is 20.0. The summed E-state index contributed by atoms with van der Waals surface area (Å²) < 4.78 is 2.80. The van der Waals surface area contributed by atoms with Crippen molar-refractivity contribution in [2.45, 2.75) is 6.54 Å². The van der Waals surface area contributed by atoms with Gasteiger partial charge in [0.25, 0.3) is 5.56 Å². The molecule has 2 rings (SSSR count). The monoisotopic (exact) mass is 425 g/mol. The van der Waals surface area contributed by atoms with Gasteiger partial charge in [0.2, 0.25) is 0 Å². The SMILES string of the molecule is O=c1c(I)c(Cl)ncn1Cc1ccc(Br)cn1. The molecule has 0 aliphatic carbocycles. The molecule has 0 bridgehead atoms. The van der Waals surface area contributed by atoms with E-state index in [1.165, 1.54) is 10.9 Å². The van der Waals surface area contributed by atoms with E-state index in [0.717, 1.165) is 10.2 Å². The van der Waals surface area contributed by atoms with Gasteiger partial charge in [0.1, 0.15) is 8.72 Å². The van der Waals surface area contributed by atoms with Crippen LogP contribution in [0.5, 0.6) is 0 Å². The largest absolute Gasteiger partial charge is 0.292 e. The summed E-state index contributed by atoms with van der Waals surface area (Å²) in [5.41, 5.74) is 0.630. The van der Waals surface area contributed by atoms with Gasteiger partial charge in [-0.2, -0.15) is 0 Å². The van der Waals surface area contributed by atoms with Crippen molar-refractivity contribution in [2.75, 3.05) is 0 Å². The summed E-state index contributed by atoms with van der Waals surface area (Å²) in [6.07, 6.45) is 3.12. The van der Waals surface area contributed by atoms with Crippen LogP contribution in [0.25, 0.3) is 0 Å². The quantitative estimate of drug-likeness (QED) is 0.548. The highest BCUT2D eigenvalue weighted by atomic mass is 127. The van der Waals surface area contributed by atoms with Crippen LogP contribution in [0.4, 0.5) is 0 Å². The van der Waals surface area contributed by atoms with E-state index < -0.39 is 0 Å². The zero-order valence-corrected chi connectivity index (χ0v) is 12.9. The maximum absolute atomic E-state index is 11.9. The van der Waals surface area contributed by atoms with Crippen LogP contribution < -0.4 is 5.56 Å².